The van der Waals surface area contributed by atoms with Gasteiger partial charge >= 0.3 is 0 Å². The molecule has 0 saturated carbocycles. The third kappa shape index (κ3) is 3.03. The lowest BCUT2D eigenvalue weighted by molar-refractivity contribution is 0.411. The first-order valence-corrected chi connectivity index (χ1v) is 6.08. The van der Waals surface area contributed by atoms with Crippen LogP contribution in [0.4, 0.5) is 0 Å². The number of methoxy groups -OCH3 is 2. The van der Waals surface area contributed by atoms with Crippen molar-refractivity contribution in [3.8, 4) is 11.5 Å². The van der Waals surface area contributed by atoms with Gasteiger partial charge in [-0.2, -0.15) is 0 Å². The molecule has 0 aliphatic heterocycles. The molecule has 0 aliphatic rings. The van der Waals surface area contributed by atoms with Crippen molar-refractivity contribution in [2.75, 3.05) is 21.3 Å². The Morgan fingerprint density at radius 3 is 2.21 bits per heavy atom. The molecule has 0 amide bonds. The number of benzene rings is 1. The fourth-order valence-electron chi connectivity index (χ4n) is 2.03. The summed E-state index contributed by atoms with van der Waals surface area (Å²) in [6, 6.07) is 10.0. The maximum atomic E-state index is 5.21. The van der Waals surface area contributed by atoms with Crippen LogP contribution in [0.25, 0.3) is 0 Å². The minimum absolute atomic E-state index is 0.0773. The number of rotatable bonds is 5. The van der Waals surface area contributed by atoms with E-state index in [4.69, 9.17) is 9.47 Å². The number of aromatic nitrogens is 1. The van der Waals surface area contributed by atoms with Crippen molar-refractivity contribution in [1.82, 2.24) is 10.3 Å². The van der Waals surface area contributed by atoms with E-state index in [1.54, 1.807) is 20.4 Å². The molecule has 19 heavy (non-hydrogen) atoms. The molecule has 2 rings (SSSR count). The van der Waals surface area contributed by atoms with Gasteiger partial charge in [0.15, 0.2) is 0 Å². The van der Waals surface area contributed by atoms with Crippen molar-refractivity contribution >= 4 is 0 Å². The van der Waals surface area contributed by atoms with E-state index in [0.717, 1.165) is 22.6 Å². The van der Waals surface area contributed by atoms with E-state index in [-0.39, 0.29) is 6.04 Å². The van der Waals surface area contributed by atoms with E-state index in [1.807, 2.05) is 43.6 Å². The maximum absolute atomic E-state index is 5.21. The third-order valence-electron chi connectivity index (χ3n) is 3.04. The van der Waals surface area contributed by atoms with Crippen LogP contribution in [0.15, 0.2) is 42.7 Å². The Hall–Kier alpha value is -2.07. The molecule has 0 aliphatic carbocycles. The highest BCUT2D eigenvalue weighted by Gasteiger charge is 2.13. The monoisotopic (exact) mass is 258 g/mol. The first-order chi connectivity index (χ1) is 9.28. The van der Waals surface area contributed by atoms with E-state index in [2.05, 4.69) is 10.3 Å². The van der Waals surface area contributed by atoms with Crippen molar-refractivity contribution < 1.29 is 9.47 Å². The second-order valence-electron chi connectivity index (χ2n) is 4.15. The van der Waals surface area contributed by atoms with Gasteiger partial charge in [0.25, 0.3) is 0 Å². The summed E-state index contributed by atoms with van der Waals surface area (Å²) in [5.74, 6) is 1.61. The summed E-state index contributed by atoms with van der Waals surface area (Å²) < 4.78 is 10.4. The average Bonchev–Trinajstić information content (AvgIpc) is 2.49. The van der Waals surface area contributed by atoms with E-state index < -0.39 is 0 Å². The van der Waals surface area contributed by atoms with Crippen LogP contribution in [-0.2, 0) is 0 Å². The van der Waals surface area contributed by atoms with E-state index in [0.29, 0.717) is 0 Å². The number of hydrogen-bond donors (Lipinski definition) is 1. The average molecular weight is 258 g/mol. The van der Waals surface area contributed by atoms with Crippen LogP contribution in [0.5, 0.6) is 11.5 Å². The molecule has 0 fully saturated rings. The molecule has 2 aromatic rings. The topological polar surface area (TPSA) is 43.4 Å². The molecular weight excluding hydrogens is 240 g/mol. The zero-order chi connectivity index (χ0) is 13.7. The Balaban J connectivity index is 2.31. The second kappa shape index (κ2) is 6.20. The smallest absolute Gasteiger partial charge is 0.137 e. The Kier molecular flexibility index (Phi) is 4.36. The zero-order valence-electron chi connectivity index (χ0n) is 11.4. The molecule has 1 aromatic heterocycles. The quantitative estimate of drug-likeness (QED) is 0.894. The summed E-state index contributed by atoms with van der Waals surface area (Å²) >= 11 is 0. The van der Waals surface area contributed by atoms with Crippen molar-refractivity contribution in [2.45, 2.75) is 6.04 Å². The highest BCUT2D eigenvalue weighted by Crippen LogP contribution is 2.25. The Morgan fingerprint density at radius 1 is 0.947 bits per heavy atom. The van der Waals surface area contributed by atoms with Crippen molar-refractivity contribution in [2.24, 2.45) is 0 Å². The molecule has 1 heterocycles. The van der Waals surface area contributed by atoms with Gasteiger partial charge in [0, 0.05) is 6.20 Å². The van der Waals surface area contributed by atoms with Crippen LogP contribution in [0.1, 0.15) is 17.2 Å². The normalized spacial score (nSPS) is 11.9. The minimum Gasteiger partial charge on any atom is -0.497 e. The Bertz CT molecular complexity index is 526. The lowest BCUT2D eigenvalue weighted by atomic mass is 10.0. The highest BCUT2D eigenvalue weighted by atomic mass is 16.5. The molecule has 0 spiro atoms. The summed E-state index contributed by atoms with van der Waals surface area (Å²) in [7, 11) is 5.23. The molecule has 0 radical (unpaired) electrons. The summed E-state index contributed by atoms with van der Waals surface area (Å²) in [5, 5.41) is 3.29. The summed E-state index contributed by atoms with van der Waals surface area (Å²) in [4.78, 5) is 4.19. The van der Waals surface area contributed by atoms with E-state index in [1.165, 1.54) is 0 Å². The molecule has 0 saturated heterocycles. The fourth-order valence-corrected chi connectivity index (χ4v) is 2.03. The van der Waals surface area contributed by atoms with Gasteiger partial charge in [-0.15, -0.1) is 0 Å². The Morgan fingerprint density at radius 2 is 1.63 bits per heavy atom. The lowest BCUT2D eigenvalue weighted by Gasteiger charge is -2.17. The summed E-state index contributed by atoms with van der Waals surface area (Å²) in [6.45, 7) is 0. The predicted molar refractivity (Wildman–Crippen MR) is 74.7 cm³/mol. The van der Waals surface area contributed by atoms with Crippen molar-refractivity contribution in [3.63, 3.8) is 0 Å². The van der Waals surface area contributed by atoms with Crippen LogP contribution >= 0.6 is 0 Å². The third-order valence-corrected chi connectivity index (χ3v) is 3.04. The number of nitrogens with zero attached hydrogens (tertiary/aromatic N) is 1. The van der Waals surface area contributed by atoms with Gasteiger partial charge in [0.2, 0.25) is 0 Å². The summed E-state index contributed by atoms with van der Waals surface area (Å²) in [6.07, 6.45) is 3.54. The van der Waals surface area contributed by atoms with Gasteiger partial charge in [0.1, 0.15) is 11.5 Å². The van der Waals surface area contributed by atoms with Crippen LogP contribution in [-0.4, -0.2) is 26.3 Å². The van der Waals surface area contributed by atoms with Crippen LogP contribution in [0.2, 0.25) is 0 Å². The summed E-state index contributed by atoms with van der Waals surface area (Å²) in [5.41, 5.74) is 2.21. The van der Waals surface area contributed by atoms with Gasteiger partial charge in [-0.05, 0) is 36.4 Å². The molecule has 1 unspecified atom stereocenters. The molecule has 100 valence electrons. The van der Waals surface area contributed by atoms with Gasteiger partial charge in [0.05, 0.1) is 26.5 Å². The highest BCUT2D eigenvalue weighted by molar-refractivity contribution is 5.36. The van der Waals surface area contributed by atoms with Gasteiger partial charge < -0.3 is 14.8 Å². The first kappa shape index (κ1) is 13.4. The predicted octanol–water partition coefficient (Wildman–Crippen LogP) is 2.41. The van der Waals surface area contributed by atoms with Crippen LogP contribution in [0.3, 0.4) is 0 Å². The molecule has 1 N–H and O–H groups in total. The molecule has 4 heteroatoms. The molecule has 0 bridgehead atoms. The number of hydrogen-bond acceptors (Lipinski definition) is 4. The SMILES string of the molecule is CNC(c1ccc(OC)cc1)c1cncc(OC)c1. The maximum Gasteiger partial charge on any atom is 0.137 e. The fraction of sp³-hybridized carbons (Fsp3) is 0.267. The number of ether oxygens (including phenoxy) is 2. The van der Waals surface area contributed by atoms with Crippen molar-refractivity contribution in [1.29, 1.82) is 0 Å². The largest absolute Gasteiger partial charge is 0.497 e. The second-order valence-corrected chi connectivity index (χ2v) is 4.15. The lowest BCUT2D eigenvalue weighted by Crippen LogP contribution is -2.17. The number of nitrogens with one attached hydrogen (secondary N) is 1. The van der Waals surface area contributed by atoms with Crippen LogP contribution < -0.4 is 14.8 Å². The first-order valence-electron chi connectivity index (χ1n) is 6.08. The molecule has 4 nitrogen and oxygen atoms in total. The molecular formula is C15H18N2O2. The minimum atomic E-state index is 0.0773. The molecule has 1 aromatic carbocycles. The standard InChI is InChI=1S/C15H18N2O2/c1-16-15(11-4-6-13(18-2)7-5-11)12-8-14(19-3)10-17-9-12/h4-10,15-16H,1-3H3. The van der Waals surface area contributed by atoms with Gasteiger partial charge in [-0.25, -0.2) is 0 Å². The zero-order valence-corrected chi connectivity index (χ0v) is 11.4. The van der Waals surface area contributed by atoms with Crippen molar-refractivity contribution in [3.05, 3.63) is 53.9 Å². The molecule has 1 atom stereocenters. The van der Waals surface area contributed by atoms with Crippen LogP contribution in [0, 0.1) is 0 Å². The van der Waals surface area contributed by atoms with E-state index >= 15 is 0 Å². The Labute approximate surface area is 113 Å². The van der Waals surface area contributed by atoms with Gasteiger partial charge in [-0.1, -0.05) is 12.1 Å². The van der Waals surface area contributed by atoms with Gasteiger partial charge in [-0.3, -0.25) is 4.98 Å². The van der Waals surface area contributed by atoms with E-state index in [9.17, 15) is 0 Å². The number of pyridine rings is 1.